The third kappa shape index (κ3) is 49.0. The number of allylic oxidation sites excluding steroid dienone is 18. The Labute approximate surface area is 387 Å². The molecule has 0 rings (SSSR count). The SMILES string of the molecule is CC/C=C/C=C/C=C/CCCCCCCC(=O)OC(COC(=O)CC/C=C/C/C=C/C/C=C/C/C=C/C/C=C/C/C=C/CC)COC(=O)CCCCCCCCCCCCCCC. The number of unbranched alkanes of at least 4 members (excludes halogenated alkanes) is 17. The quantitative estimate of drug-likeness (QED) is 0.0199. The van der Waals surface area contributed by atoms with Crippen LogP contribution >= 0.6 is 0 Å². The lowest BCUT2D eigenvalue weighted by Gasteiger charge is -2.18. The molecule has 1 atom stereocenters. The third-order valence-electron chi connectivity index (χ3n) is 10.3. The van der Waals surface area contributed by atoms with Crippen molar-refractivity contribution >= 4 is 17.9 Å². The van der Waals surface area contributed by atoms with Gasteiger partial charge in [0.2, 0.25) is 0 Å². The number of carbonyl (C=O) groups excluding carboxylic acids is 3. The average molecular weight is 873 g/mol. The standard InChI is InChI=1S/C57H92O6/c1-4-7-10-13-16-19-22-25-26-27-28-29-30-33-35-38-41-44-47-50-56(59)62-53-54(63-57(60)51-48-45-42-39-36-32-24-21-18-15-12-9-6-3)52-61-55(58)49-46-43-40-37-34-31-23-20-17-14-11-8-5-2/h7,9-10,12,15-16,18-19,21,24-26,28-29,33,35,41,44,54H,4-6,8,11,13-14,17,20,22-23,27,30-32,34,36-40,42-43,45-53H2,1-3H3/b10-7+,12-9+,18-15+,19-16+,24-21+,26-25+,29-28+,35-33+,44-41+. The number of hydrogen-bond donors (Lipinski definition) is 0. The zero-order chi connectivity index (χ0) is 45.8. The summed E-state index contributed by atoms with van der Waals surface area (Å²) >= 11 is 0. The van der Waals surface area contributed by atoms with Crippen LogP contribution in [0.15, 0.2) is 109 Å². The lowest BCUT2D eigenvalue weighted by molar-refractivity contribution is -0.166. The van der Waals surface area contributed by atoms with E-state index in [1.165, 1.54) is 64.2 Å². The summed E-state index contributed by atoms with van der Waals surface area (Å²) in [4.78, 5) is 37.9. The van der Waals surface area contributed by atoms with E-state index in [2.05, 4.69) is 112 Å². The van der Waals surface area contributed by atoms with E-state index < -0.39 is 6.10 Å². The Morgan fingerprint density at radius 2 is 0.730 bits per heavy atom. The zero-order valence-corrected chi connectivity index (χ0v) is 40.5. The maximum absolute atomic E-state index is 12.8. The second-order valence-corrected chi connectivity index (χ2v) is 16.4. The highest BCUT2D eigenvalue weighted by Crippen LogP contribution is 2.14. The van der Waals surface area contributed by atoms with Crippen molar-refractivity contribution in [2.24, 2.45) is 0 Å². The molecule has 0 amide bonds. The second kappa shape index (κ2) is 50.7. The largest absolute Gasteiger partial charge is 0.462 e. The topological polar surface area (TPSA) is 78.9 Å². The van der Waals surface area contributed by atoms with Gasteiger partial charge < -0.3 is 14.2 Å². The van der Waals surface area contributed by atoms with Gasteiger partial charge in [0, 0.05) is 19.3 Å². The van der Waals surface area contributed by atoms with Gasteiger partial charge in [0.25, 0.3) is 0 Å². The number of hydrogen-bond acceptors (Lipinski definition) is 6. The first-order valence-electron chi connectivity index (χ1n) is 25.4. The fourth-order valence-corrected chi connectivity index (χ4v) is 6.58. The predicted molar refractivity (Wildman–Crippen MR) is 270 cm³/mol. The van der Waals surface area contributed by atoms with Crippen LogP contribution in [-0.4, -0.2) is 37.2 Å². The van der Waals surface area contributed by atoms with Gasteiger partial charge in [-0.1, -0.05) is 226 Å². The number of carbonyl (C=O) groups is 3. The molecule has 356 valence electrons. The van der Waals surface area contributed by atoms with Gasteiger partial charge in [-0.25, -0.2) is 0 Å². The third-order valence-corrected chi connectivity index (χ3v) is 10.3. The smallest absolute Gasteiger partial charge is 0.306 e. The fraction of sp³-hybridized carbons (Fsp3) is 0.632. The van der Waals surface area contributed by atoms with Crippen LogP contribution in [0.2, 0.25) is 0 Å². The van der Waals surface area contributed by atoms with Crippen LogP contribution in [-0.2, 0) is 28.6 Å². The summed E-state index contributed by atoms with van der Waals surface area (Å²) in [7, 11) is 0. The Morgan fingerprint density at radius 3 is 1.21 bits per heavy atom. The van der Waals surface area contributed by atoms with Crippen molar-refractivity contribution in [1.82, 2.24) is 0 Å². The van der Waals surface area contributed by atoms with E-state index in [-0.39, 0.29) is 44.0 Å². The normalized spacial score (nSPS) is 13.0. The zero-order valence-electron chi connectivity index (χ0n) is 40.5. The lowest BCUT2D eigenvalue weighted by atomic mass is 10.0. The van der Waals surface area contributed by atoms with E-state index in [1.54, 1.807) is 0 Å². The summed E-state index contributed by atoms with van der Waals surface area (Å²) in [6.45, 7) is 6.29. The maximum Gasteiger partial charge on any atom is 0.306 e. The van der Waals surface area contributed by atoms with Gasteiger partial charge in [-0.15, -0.1) is 0 Å². The van der Waals surface area contributed by atoms with Gasteiger partial charge in [0.15, 0.2) is 6.10 Å². The van der Waals surface area contributed by atoms with Crippen LogP contribution in [0.5, 0.6) is 0 Å². The van der Waals surface area contributed by atoms with Crippen LogP contribution in [0.3, 0.4) is 0 Å². The monoisotopic (exact) mass is 873 g/mol. The van der Waals surface area contributed by atoms with Crippen molar-refractivity contribution in [2.45, 2.75) is 219 Å². The summed E-state index contributed by atoms with van der Waals surface area (Å²) in [6, 6.07) is 0. The van der Waals surface area contributed by atoms with Crippen molar-refractivity contribution in [2.75, 3.05) is 13.2 Å². The second-order valence-electron chi connectivity index (χ2n) is 16.4. The molecule has 0 N–H and O–H groups in total. The van der Waals surface area contributed by atoms with Gasteiger partial charge in [0.05, 0.1) is 0 Å². The van der Waals surface area contributed by atoms with Crippen molar-refractivity contribution in [3.63, 3.8) is 0 Å². The first-order valence-corrected chi connectivity index (χ1v) is 25.4. The van der Waals surface area contributed by atoms with Crippen molar-refractivity contribution in [1.29, 1.82) is 0 Å². The van der Waals surface area contributed by atoms with E-state index in [9.17, 15) is 14.4 Å². The molecular weight excluding hydrogens is 781 g/mol. The van der Waals surface area contributed by atoms with Gasteiger partial charge in [0.1, 0.15) is 13.2 Å². The molecule has 63 heavy (non-hydrogen) atoms. The lowest BCUT2D eigenvalue weighted by Crippen LogP contribution is -2.30. The molecule has 0 saturated heterocycles. The fourth-order valence-electron chi connectivity index (χ4n) is 6.58. The first-order chi connectivity index (χ1) is 31.0. The molecule has 0 bridgehead atoms. The molecule has 0 radical (unpaired) electrons. The van der Waals surface area contributed by atoms with Crippen LogP contribution in [0.1, 0.15) is 213 Å². The molecule has 6 heteroatoms. The highest BCUT2D eigenvalue weighted by molar-refractivity contribution is 5.71. The van der Waals surface area contributed by atoms with Crippen molar-refractivity contribution < 1.29 is 28.6 Å². The minimum absolute atomic E-state index is 0.110. The summed E-state index contributed by atoms with van der Waals surface area (Å²) < 4.78 is 16.7. The van der Waals surface area contributed by atoms with Crippen LogP contribution in [0.4, 0.5) is 0 Å². The Hall–Kier alpha value is -3.93. The van der Waals surface area contributed by atoms with E-state index in [4.69, 9.17) is 14.2 Å². The molecule has 0 aliphatic heterocycles. The number of ether oxygens (including phenoxy) is 3. The van der Waals surface area contributed by atoms with E-state index >= 15 is 0 Å². The molecule has 1 unspecified atom stereocenters. The Bertz CT molecular complexity index is 1330. The average Bonchev–Trinajstić information content (AvgIpc) is 3.28. The summed E-state index contributed by atoms with van der Waals surface area (Å²) in [6.07, 6.45) is 68.0. The Balaban J connectivity index is 4.52. The maximum atomic E-state index is 12.8. The summed E-state index contributed by atoms with van der Waals surface area (Å²) in [5.74, 6) is -1.02. The molecule has 0 aliphatic rings. The van der Waals surface area contributed by atoms with Gasteiger partial charge in [-0.3, -0.25) is 14.4 Å². The summed E-state index contributed by atoms with van der Waals surface area (Å²) in [5, 5.41) is 0. The molecule has 0 aromatic carbocycles. The molecular formula is C57H92O6. The van der Waals surface area contributed by atoms with E-state index in [0.29, 0.717) is 12.8 Å². The highest BCUT2D eigenvalue weighted by atomic mass is 16.6. The van der Waals surface area contributed by atoms with Crippen molar-refractivity contribution in [3.8, 4) is 0 Å². The van der Waals surface area contributed by atoms with E-state index in [0.717, 1.165) is 103 Å². The number of esters is 3. The first kappa shape index (κ1) is 59.1. The molecule has 0 aliphatic carbocycles. The Morgan fingerprint density at radius 1 is 0.349 bits per heavy atom. The van der Waals surface area contributed by atoms with Crippen LogP contribution in [0.25, 0.3) is 0 Å². The van der Waals surface area contributed by atoms with Crippen molar-refractivity contribution in [3.05, 3.63) is 109 Å². The minimum Gasteiger partial charge on any atom is -0.462 e. The van der Waals surface area contributed by atoms with Gasteiger partial charge >= 0.3 is 17.9 Å². The Kier molecular flexibility index (Phi) is 47.5. The molecule has 0 saturated carbocycles. The van der Waals surface area contributed by atoms with E-state index in [1.807, 2.05) is 18.2 Å². The van der Waals surface area contributed by atoms with Gasteiger partial charge in [-0.2, -0.15) is 0 Å². The van der Waals surface area contributed by atoms with Crippen LogP contribution in [0, 0.1) is 0 Å². The minimum atomic E-state index is -0.818. The molecule has 6 nitrogen and oxygen atoms in total. The molecule has 0 spiro atoms. The van der Waals surface area contributed by atoms with Crippen LogP contribution < -0.4 is 0 Å². The molecule has 0 fully saturated rings. The predicted octanol–water partition coefficient (Wildman–Crippen LogP) is 16.8. The highest BCUT2D eigenvalue weighted by Gasteiger charge is 2.19. The molecule has 0 heterocycles. The number of rotatable bonds is 44. The van der Waals surface area contributed by atoms with Gasteiger partial charge in [-0.05, 0) is 77.0 Å². The molecule has 0 aromatic heterocycles. The molecule has 0 aromatic rings. The summed E-state index contributed by atoms with van der Waals surface area (Å²) in [5.41, 5.74) is 0.